The fourth-order valence-corrected chi connectivity index (χ4v) is 1.92. The molecule has 23 heavy (non-hydrogen) atoms. The van der Waals surface area contributed by atoms with Crippen LogP contribution in [-0.2, 0) is 4.79 Å². The van der Waals surface area contributed by atoms with E-state index in [1.807, 2.05) is 37.3 Å². The number of hydrogen-bond acceptors (Lipinski definition) is 3. The molecule has 0 unspecified atom stereocenters. The summed E-state index contributed by atoms with van der Waals surface area (Å²) >= 11 is 0. The minimum Gasteiger partial charge on any atom is -0.506 e. The Bertz CT molecular complexity index is 718. The van der Waals surface area contributed by atoms with Crippen molar-refractivity contribution in [2.24, 2.45) is 0 Å². The zero-order valence-electron chi connectivity index (χ0n) is 13.0. The average Bonchev–Trinajstić information content (AvgIpc) is 2.54. The predicted octanol–water partition coefficient (Wildman–Crippen LogP) is 3.92. The molecule has 2 rings (SSSR count). The van der Waals surface area contributed by atoms with Gasteiger partial charge in [0, 0.05) is 6.08 Å². The maximum Gasteiger partial charge on any atom is 0.248 e. The average molecular weight is 309 g/mol. The van der Waals surface area contributed by atoms with Crippen molar-refractivity contribution in [1.82, 2.24) is 0 Å². The first-order valence-electron chi connectivity index (χ1n) is 7.21. The van der Waals surface area contributed by atoms with Crippen LogP contribution in [0.5, 0.6) is 11.5 Å². The first-order valence-corrected chi connectivity index (χ1v) is 7.21. The number of aromatic hydroxyl groups is 1. The van der Waals surface area contributed by atoms with Gasteiger partial charge in [0.2, 0.25) is 5.91 Å². The summed E-state index contributed by atoms with van der Waals surface area (Å²) in [5.41, 5.74) is 2.19. The van der Waals surface area contributed by atoms with E-state index in [0.29, 0.717) is 12.3 Å². The number of hydrogen-bond donors (Lipinski definition) is 2. The quantitative estimate of drug-likeness (QED) is 0.483. The van der Waals surface area contributed by atoms with Crippen molar-refractivity contribution < 1.29 is 14.6 Å². The van der Waals surface area contributed by atoms with Gasteiger partial charge in [0.15, 0.2) is 0 Å². The summed E-state index contributed by atoms with van der Waals surface area (Å²) in [4.78, 5) is 11.9. The van der Waals surface area contributed by atoms with Crippen molar-refractivity contribution in [1.29, 1.82) is 0 Å². The van der Waals surface area contributed by atoms with Crippen molar-refractivity contribution in [3.63, 3.8) is 0 Å². The van der Waals surface area contributed by atoms with Crippen LogP contribution >= 0.6 is 0 Å². The number of phenols is 1. The number of carbonyl (C=O) groups excluding carboxylic acids is 1. The number of benzene rings is 2. The number of ether oxygens (including phenoxy) is 1. The van der Waals surface area contributed by atoms with Gasteiger partial charge in [-0.05, 0) is 48.4 Å². The fourth-order valence-electron chi connectivity index (χ4n) is 1.92. The Kier molecular flexibility index (Phi) is 5.58. The molecule has 4 heteroatoms. The van der Waals surface area contributed by atoms with Crippen LogP contribution < -0.4 is 10.1 Å². The zero-order chi connectivity index (χ0) is 16.7. The second-order valence-electron chi connectivity index (χ2n) is 5.01. The third-order valence-corrected chi connectivity index (χ3v) is 3.09. The fraction of sp³-hybridized carbons (Fsp3) is 0.105. The summed E-state index contributed by atoms with van der Waals surface area (Å²) in [5, 5.41) is 12.4. The second-order valence-corrected chi connectivity index (χ2v) is 5.01. The number of aryl methyl sites for hydroxylation is 1. The molecule has 0 saturated carbocycles. The van der Waals surface area contributed by atoms with Gasteiger partial charge in [-0.15, -0.1) is 0 Å². The van der Waals surface area contributed by atoms with Crippen LogP contribution in [0, 0.1) is 6.92 Å². The molecule has 1 amide bonds. The van der Waals surface area contributed by atoms with Gasteiger partial charge < -0.3 is 15.2 Å². The van der Waals surface area contributed by atoms with E-state index in [1.54, 1.807) is 24.3 Å². The molecule has 0 saturated heterocycles. The summed E-state index contributed by atoms with van der Waals surface area (Å²) in [6.07, 6.45) is 4.79. The van der Waals surface area contributed by atoms with Crippen molar-refractivity contribution in [3.8, 4) is 11.5 Å². The molecular weight excluding hydrogens is 290 g/mol. The van der Waals surface area contributed by atoms with Gasteiger partial charge in [-0.1, -0.05) is 30.9 Å². The van der Waals surface area contributed by atoms with Gasteiger partial charge in [0.25, 0.3) is 0 Å². The number of anilines is 1. The third kappa shape index (κ3) is 5.04. The standard InChI is InChI=1S/C19H19NO3/c1-3-12-23-16-8-5-15(6-9-16)7-11-19(22)20-17-10-4-14(2)13-18(17)21/h3-11,13,21H,1,12H2,2H3,(H,20,22)/b11-7+. The molecule has 0 radical (unpaired) electrons. The molecule has 2 N–H and O–H groups in total. The molecule has 0 heterocycles. The van der Waals surface area contributed by atoms with Crippen LogP contribution in [0.15, 0.2) is 61.2 Å². The number of rotatable bonds is 6. The van der Waals surface area contributed by atoms with E-state index in [4.69, 9.17) is 4.74 Å². The van der Waals surface area contributed by atoms with E-state index in [2.05, 4.69) is 11.9 Å². The van der Waals surface area contributed by atoms with E-state index < -0.39 is 0 Å². The Hall–Kier alpha value is -3.01. The molecule has 118 valence electrons. The van der Waals surface area contributed by atoms with Gasteiger partial charge in [0.1, 0.15) is 18.1 Å². The molecule has 0 aliphatic heterocycles. The third-order valence-electron chi connectivity index (χ3n) is 3.09. The molecule has 0 spiro atoms. The van der Waals surface area contributed by atoms with E-state index >= 15 is 0 Å². The van der Waals surface area contributed by atoms with Crippen LogP contribution in [-0.4, -0.2) is 17.6 Å². The highest BCUT2D eigenvalue weighted by molar-refractivity contribution is 6.02. The van der Waals surface area contributed by atoms with Gasteiger partial charge in [-0.3, -0.25) is 4.79 Å². The van der Waals surface area contributed by atoms with Gasteiger partial charge in [-0.2, -0.15) is 0 Å². The lowest BCUT2D eigenvalue weighted by Gasteiger charge is -2.06. The molecule has 0 aliphatic carbocycles. The normalized spacial score (nSPS) is 10.5. The zero-order valence-corrected chi connectivity index (χ0v) is 13.0. The lowest BCUT2D eigenvalue weighted by Crippen LogP contribution is -2.07. The van der Waals surface area contributed by atoms with Crippen molar-refractivity contribution in [3.05, 3.63) is 72.3 Å². The summed E-state index contributed by atoms with van der Waals surface area (Å²) in [7, 11) is 0. The van der Waals surface area contributed by atoms with Crippen LogP contribution in [0.4, 0.5) is 5.69 Å². The highest BCUT2D eigenvalue weighted by atomic mass is 16.5. The molecule has 0 atom stereocenters. The van der Waals surface area contributed by atoms with E-state index in [0.717, 1.165) is 16.9 Å². The topological polar surface area (TPSA) is 58.6 Å². The number of carbonyl (C=O) groups is 1. The van der Waals surface area contributed by atoms with E-state index in [9.17, 15) is 9.90 Å². The molecule has 0 aliphatic rings. The monoisotopic (exact) mass is 309 g/mol. The molecule has 2 aromatic rings. The summed E-state index contributed by atoms with van der Waals surface area (Å²) in [6.45, 7) is 5.91. The lowest BCUT2D eigenvalue weighted by atomic mass is 10.2. The first kappa shape index (κ1) is 16.4. The summed E-state index contributed by atoms with van der Waals surface area (Å²) < 4.78 is 5.39. The first-order chi connectivity index (χ1) is 11.1. The molecule has 0 bridgehead atoms. The maximum absolute atomic E-state index is 11.9. The Morgan fingerprint density at radius 2 is 2.00 bits per heavy atom. The number of amides is 1. The number of nitrogens with one attached hydrogen (secondary N) is 1. The maximum atomic E-state index is 11.9. The van der Waals surface area contributed by atoms with Crippen LogP contribution in [0.2, 0.25) is 0 Å². The Labute approximate surface area is 135 Å². The Morgan fingerprint density at radius 1 is 1.26 bits per heavy atom. The smallest absolute Gasteiger partial charge is 0.248 e. The molecular formula is C19H19NO3. The largest absolute Gasteiger partial charge is 0.506 e. The highest BCUT2D eigenvalue weighted by Crippen LogP contribution is 2.23. The van der Waals surface area contributed by atoms with Crippen LogP contribution in [0.3, 0.4) is 0 Å². The van der Waals surface area contributed by atoms with Gasteiger partial charge in [-0.25, -0.2) is 0 Å². The molecule has 0 fully saturated rings. The van der Waals surface area contributed by atoms with Crippen molar-refractivity contribution in [2.45, 2.75) is 6.92 Å². The minimum atomic E-state index is -0.309. The molecule has 2 aromatic carbocycles. The Morgan fingerprint density at radius 3 is 2.65 bits per heavy atom. The summed E-state index contributed by atoms with van der Waals surface area (Å²) in [5.74, 6) is 0.489. The lowest BCUT2D eigenvalue weighted by molar-refractivity contribution is -0.111. The second kappa shape index (κ2) is 7.84. The SMILES string of the molecule is C=CCOc1ccc(/C=C/C(=O)Nc2ccc(C)cc2O)cc1. The molecule has 4 nitrogen and oxygen atoms in total. The van der Waals surface area contributed by atoms with Crippen molar-refractivity contribution >= 4 is 17.7 Å². The Balaban J connectivity index is 1.96. The van der Waals surface area contributed by atoms with E-state index in [-0.39, 0.29) is 11.7 Å². The van der Waals surface area contributed by atoms with E-state index in [1.165, 1.54) is 6.08 Å². The van der Waals surface area contributed by atoms with Gasteiger partial charge in [0.05, 0.1) is 5.69 Å². The minimum absolute atomic E-state index is 0.0514. The van der Waals surface area contributed by atoms with Crippen molar-refractivity contribution in [2.75, 3.05) is 11.9 Å². The van der Waals surface area contributed by atoms with Crippen LogP contribution in [0.25, 0.3) is 6.08 Å². The predicted molar refractivity (Wildman–Crippen MR) is 92.6 cm³/mol. The number of phenolic OH excluding ortho intramolecular Hbond substituents is 1. The summed E-state index contributed by atoms with van der Waals surface area (Å²) in [6, 6.07) is 12.4. The highest BCUT2D eigenvalue weighted by Gasteiger charge is 2.03. The molecule has 0 aromatic heterocycles. The van der Waals surface area contributed by atoms with Crippen LogP contribution in [0.1, 0.15) is 11.1 Å². The van der Waals surface area contributed by atoms with Gasteiger partial charge >= 0.3 is 0 Å².